The lowest BCUT2D eigenvalue weighted by Crippen LogP contribution is -1.85. The topological polar surface area (TPSA) is 12.4 Å². The van der Waals surface area contributed by atoms with Gasteiger partial charge in [0.1, 0.15) is 0 Å². The predicted molar refractivity (Wildman–Crippen MR) is 76.6 cm³/mol. The Hall–Kier alpha value is -0.170. The van der Waals surface area contributed by atoms with Gasteiger partial charge in [0.25, 0.3) is 0 Å². The van der Waals surface area contributed by atoms with Crippen LogP contribution in [0.25, 0.3) is 10.8 Å². The Morgan fingerprint density at radius 3 is 2.36 bits per heavy atom. The molecule has 1 nitrogen and oxygen atoms in total. The molecule has 0 amide bonds. The van der Waals surface area contributed by atoms with Crippen molar-refractivity contribution in [1.29, 1.82) is 0 Å². The molecule has 0 aliphatic carbocycles. The summed E-state index contributed by atoms with van der Waals surface area (Å²) in [7, 11) is 0. The molecule has 3 heteroatoms. The molecule has 3 rings (SSSR count). The maximum Gasteiger partial charge on any atom is 0.0715 e. The van der Waals surface area contributed by atoms with Crippen LogP contribution in [0.3, 0.4) is 0 Å². The first-order valence-electron chi connectivity index (χ1n) is 4.22. The molecule has 1 heterocycles. The van der Waals surface area contributed by atoms with Gasteiger partial charge in [-0.25, -0.2) is 0 Å². The van der Waals surface area contributed by atoms with Crippen molar-refractivity contribution in [2.75, 3.05) is 0 Å². The fraction of sp³-hybridized carbons (Fsp3) is 0. The van der Waals surface area contributed by atoms with Crippen molar-refractivity contribution in [3.8, 4) is 0 Å². The largest absolute Gasteiger partial charge is 0.256 e. The molecule has 2 aromatic carbocycles. The van der Waals surface area contributed by atoms with Gasteiger partial charge in [-0.2, -0.15) is 0 Å². The first-order valence-corrected chi connectivity index (χ1v) is 6.38. The van der Waals surface area contributed by atoms with Crippen LogP contribution in [0, 0.1) is 7.14 Å². The van der Waals surface area contributed by atoms with Gasteiger partial charge in [0.2, 0.25) is 0 Å². The highest BCUT2D eigenvalue weighted by Crippen LogP contribution is 2.37. The molecule has 1 aliphatic heterocycles. The first-order chi connectivity index (χ1) is 6.77. The fourth-order valence-electron chi connectivity index (χ4n) is 1.78. The maximum atomic E-state index is 4.39. The van der Waals surface area contributed by atoms with Crippen molar-refractivity contribution < 1.29 is 0 Å². The molecular formula is C11H5I2N. The summed E-state index contributed by atoms with van der Waals surface area (Å²) in [5, 5.41) is 2.66. The van der Waals surface area contributed by atoms with Crippen LogP contribution < -0.4 is 0 Å². The minimum absolute atomic E-state index is 1.11. The first kappa shape index (κ1) is 9.08. The van der Waals surface area contributed by atoms with Crippen molar-refractivity contribution in [1.82, 2.24) is 0 Å². The smallest absolute Gasteiger partial charge is 0.0715 e. The van der Waals surface area contributed by atoms with E-state index in [1.807, 2.05) is 6.21 Å². The van der Waals surface area contributed by atoms with Crippen LogP contribution in [0.4, 0.5) is 5.69 Å². The third-order valence-electron chi connectivity index (χ3n) is 2.41. The predicted octanol–water partition coefficient (Wildman–Crippen LogP) is 4.11. The number of nitrogens with zero attached hydrogens (tertiary/aromatic N) is 1. The van der Waals surface area contributed by atoms with Gasteiger partial charge >= 0.3 is 0 Å². The lowest BCUT2D eigenvalue weighted by Gasteiger charge is -2.05. The van der Waals surface area contributed by atoms with Gasteiger partial charge in [0, 0.05) is 29.7 Å². The van der Waals surface area contributed by atoms with Gasteiger partial charge in [-0.1, -0.05) is 6.07 Å². The third kappa shape index (κ3) is 1.14. The second-order valence-electron chi connectivity index (χ2n) is 3.21. The molecule has 0 radical (unpaired) electrons. The summed E-state index contributed by atoms with van der Waals surface area (Å²) >= 11 is 4.77. The summed E-state index contributed by atoms with van der Waals surface area (Å²) < 4.78 is 2.61. The minimum Gasteiger partial charge on any atom is -0.256 e. The Bertz CT molecular complexity index is 526. The average Bonchev–Trinajstić information content (AvgIpc) is 2.58. The highest BCUT2D eigenvalue weighted by Gasteiger charge is 2.13. The molecule has 14 heavy (non-hydrogen) atoms. The maximum absolute atomic E-state index is 4.39. The lowest BCUT2D eigenvalue weighted by atomic mass is 10.1. The molecule has 0 bridgehead atoms. The summed E-state index contributed by atoms with van der Waals surface area (Å²) in [6, 6.07) is 8.52. The van der Waals surface area contributed by atoms with E-state index >= 15 is 0 Å². The van der Waals surface area contributed by atoms with E-state index in [0.29, 0.717) is 0 Å². The second-order valence-corrected chi connectivity index (χ2v) is 5.54. The summed E-state index contributed by atoms with van der Waals surface area (Å²) in [6.45, 7) is 0. The van der Waals surface area contributed by atoms with E-state index in [1.54, 1.807) is 0 Å². The van der Waals surface area contributed by atoms with Gasteiger partial charge in [0.15, 0.2) is 0 Å². The lowest BCUT2D eigenvalue weighted by molar-refractivity contribution is 1.60. The van der Waals surface area contributed by atoms with Gasteiger partial charge < -0.3 is 0 Å². The SMILES string of the molecule is Ic1ccc2c3c(ccc(I)c13)N=C2. The van der Waals surface area contributed by atoms with Crippen LogP contribution in [-0.4, -0.2) is 6.21 Å². The Balaban J connectivity index is 2.64. The molecule has 0 unspecified atom stereocenters. The number of rotatable bonds is 0. The minimum atomic E-state index is 1.11. The molecular weight excluding hydrogens is 400 g/mol. The van der Waals surface area contributed by atoms with E-state index in [2.05, 4.69) is 74.4 Å². The van der Waals surface area contributed by atoms with Gasteiger partial charge in [-0.15, -0.1) is 0 Å². The van der Waals surface area contributed by atoms with E-state index in [4.69, 9.17) is 0 Å². The molecule has 2 aromatic rings. The summed E-state index contributed by atoms with van der Waals surface area (Å²) in [5.74, 6) is 0. The highest BCUT2D eigenvalue weighted by molar-refractivity contribution is 14.1. The van der Waals surface area contributed by atoms with Crippen LogP contribution in [0.2, 0.25) is 0 Å². The zero-order valence-corrected chi connectivity index (χ0v) is 11.4. The Kier molecular flexibility index (Phi) is 2.05. The third-order valence-corrected chi connectivity index (χ3v) is 4.21. The highest BCUT2D eigenvalue weighted by atomic mass is 127. The number of halogens is 2. The van der Waals surface area contributed by atoms with Gasteiger partial charge in [-0.3, -0.25) is 4.99 Å². The van der Waals surface area contributed by atoms with Gasteiger partial charge in [0.05, 0.1) is 5.69 Å². The molecule has 1 aliphatic rings. The van der Waals surface area contributed by atoms with Crippen LogP contribution in [0.1, 0.15) is 5.56 Å². The Labute approximate surface area is 109 Å². The van der Waals surface area contributed by atoms with E-state index in [-0.39, 0.29) is 0 Å². The Morgan fingerprint density at radius 1 is 0.857 bits per heavy atom. The van der Waals surface area contributed by atoms with Crippen molar-refractivity contribution in [3.63, 3.8) is 0 Å². The van der Waals surface area contributed by atoms with E-state index in [1.165, 1.54) is 23.5 Å². The van der Waals surface area contributed by atoms with Crippen molar-refractivity contribution in [2.24, 2.45) is 4.99 Å². The van der Waals surface area contributed by atoms with E-state index < -0.39 is 0 Å². The molecule has 0 saturated heterocycles. The standard InChI is InChI=1S/C11H5I2N/c12-7-2-1-6-5-14-9-4-3-8(13)11(7)10(6)9/h1-5H. The monoisotopic (exact) mass is 405 g/mol. The van der Waals surface area contributed by atoms with Gasteiger partial charge in [-0.05, 0) is 63.4 Å². The molecule has 0 saturated carbocycles. The van der Waals surface area contributed by atoms with Crippen molar-refractivity contribution in [3.05, 3.63) is 37.0 Å². The van der Waals surface area contributed by atoms with E-state index in [9.17, 15) is 0 Å². The number of aliphatic imine (C=N–C) groups is 1. The molecule has 0 spiro atoms. The van der Waals surface area contributed by atoms with Crippen LogP contribution in [0.5, 0.6) is 0 Å². The summed E-state index contributed by atoms with van der Waals surface area (Å²) in [6.07, 6.45) is 1.95. The van der Waals surface area contributed by atoms with Crippen molar-refractivity contribution in [2.45, 2.75) is 0 Å². The quantitative estimate of drug-likeness (QED) is 0.500. The van der Waals surface area contributed by atoms with Crippen molar-refractivity contribution >= 4 is 67.9 Å². The normalized spacial score (nSPS) is 12.7. The molecule has 0 aromatic heterocycles. The molecule has 0 N–H and O–H groups in total. The summed E-state index contributed by atoms with van der Waals surface area (Å²) in [4.78, 5) is 4.39. The zero-order valence-electron chi connectivity index (χ0n) is 7.09. The second kappa shape index (κ2) is 3.16. The Morgan fingerprint density at radius 2 is 1.57 bits per heavy atom. The number of hydrogen-bond donors (Lipinski definition) is 0. The molecule has 0 fully saturated rings. The zero-order chi connectivity index (χ0) is 9.71. The van der Waals surface area contributed by atoms with Crippen LogP contribution in [-0.2, 0) is 0 Å². The van der Waals surface area contributed by atoms with Crippen LogP contribution in [0.15, 0.2) is 29.3 Å². The molecule has 68 valence electrons. The average molecular weight is 405 g/mol. The van der Waals surface area contributed by atoms with Crippen LogP contribution >= 0.6 is 45.2 Å². The number of hydrogen-bond acceptors (Lipinski definition) is 1. The fourth-order valence-corrected chi connectivity index (χ4v) is 3.77. The number of benzene rings is 2. The summed E-state index contributed by atoms with van der Waals surface area (Å²) in [5.41, 5.74) is 2.35. The van der Waals surface area contributed by atoms with E-state index in [0.717, 1.165) is 5.69 Å². The molecule has 0 atom stereocenters.